The molecule has 0 heterocycles. The molecule has 0 saturated heterocycles. The lowest BCUT2D eigenvalue weighted by molar-refractivity contribution is 0.205. The van der Waals surface area contributed by atoms with Gasteiger partial charge in [-0.15, -0.1) is 0 Å². The van der Waals surface area contributed by atoms with Crippen LogP contribution in [-0.2, 0) is 11.3 Å². The number of ether oxygens (including phenoxy) is 1. The zero-order valence-electron chi connectivity index (χ0n) is 11.5. The van der Waals surface area contributed by atoms with Crippen molar-refractivity contribution in [3.8, 4) is 0 Å². The quantitative estimate of drug-likeness (QED) is 0.764. The van der Waals surface area contributed by atoms with Crippen LogP contribution in [0.5, 0.6) is 0 Å². The van der Waals surface area contributed by atoms with Crippen molar-refractivity contribution in [1.29, 1.82) is 0 Å². The van der Waals surface area contributed by atoms with E-state index in [2.05, 4.69) is 41.4 Å². The summed E-state index contributed by atoms with van der Waals surface area (Å²) in [4.78, 5) is 2.47. The first-order chi connectivity index (χ1) is 8.85. The van der Waals surface area contributed by atoms with E-state index in [1.807, 2.05) is 0 Å². The summed E-state index contributed by atoms with van der Waals surface area (Å²) in [6.07, 6.45) is 2.64. The van der Waals surface area contributed by atoms with E-state index in [1.54, 1.807) is 7.11 Å². The van der Waals surface area contributed by atoms with Gasteiger partial charge in [-0.05, 0) is 37.1 Å². The van der Waals surface area contributed by atoms with Gasteiger partial charge in [0.2, 0.25) is 0 Å². The fourth-order valence-corrected chi connectivity index (χ4v) is 2.17. The molecule has 18 heavy (non-hydrogen) atoms. The Morgan fingerprint density at radius 2 is 2.00 bits per heavy atom. The van der Waals surface area contributed by atoms with Crippen molar-refractivity contribution in [3.63, 3.8) is 0 Å². The summed E-state index contributed by atoms with van der Waals surface area (Å²) in [5.41, 5.74) is 2.68. The van der Waals surface area contributed by atoms with E-state index in [4.69, 9.17) is 4.74 Å². The Balaban J connectivity index is 1.96. The van der Waals surface area contributed by atoms with E-state index in [1.165, 1.54) is 24.1 Å². The summed E-state index contributed by atoms with van der Waals surface area (Å²) in [6.45, 7) is 5.90. The molecule has 1 fully saturated rings. The zero-order chi connectivity index (χ0) is 12.8. The molecule has 0 aromatic heterocycles. The van der Waals surface area contributed by atoms with Gasteiger partial charge in [0.05, 0.1) is 6.61 Å². The van der Waals surface area contributed by atoms with Gasteiger partial charge in [0, 0.05) is 31.9 Å². The fraction of sp³-hybridized carbons (Fsp3) is 0.600. The second-order valence-corrected chi connectivity index (χ2v) is 4.86. The van der Waals surface area contributed by atoms with E-state index in [9.17, 15) is 0 Å². The highest BCUT2D eigenvalue weighted by Gasteiger charge is 2.28. The van der Waals surface area contributed by atoms with E-state index < -0.39 is 0 Å². The van der Waals surface area contributed by atoms with Gasteiger partial charge in [0.25, 0.3) is 0 Å². The van der Waals surface area contributed by atoms with Crippen LogP contribution in [0.1, 0.15) is 25.3 Å². The van der Waals surface area contributed by atoms with Crippen LogP contribution in [-0.4, -0.2) is 32.8 Å². The Bertz CT molecular complexity index is 346. The number of nitrogens with one attached hydrogen (secondary N) is 1. The second kappa shape index (κ2) is 6.76. The highest BCUT2D eigenvalue weighted by atomic mass is 16.5. The minimum Gasteiger partial charge on any atom is -0.383 e. The predicted molar refractivity (Wildman–Crippen MR) is 76.1 cm³/mol. The number of hydrogen-bond acceptors (Lipinski definition) is 3. The van der Waals surface area contributed by atoms with Crippen LogP contribution in [0, 0.1) is 0 Å². The van der Waals surface area contributed by atoms with E-state index in [0.717, 1.165) is 32.3 Å². The Kier molecular flexibility index (Phi) is 5.02. The summed E-state index contributed by atoms with van der Waals surface area (Å²) in [5, 5.41) is 3.35. The predicted octanol–water partition coefficient (Wildman–Crippen LogP) is 2.41. The first-order valence-electron chi connectivity index (χ1n) is 6.90. The van der Waals surface area contributed by atoms with Gasteiger partial charge in [0.15, 0.2) is 0 Å². The SMILES string of the molecule is CCNCc1ccc(N(CCOC)C2CC2)cc1. The molecule has 0 radical (unpaired) electrons. The van der Waals surface area contributed by atoms with Crippen molar-refractivity contribution in [1.82, 2.24) is 5.32 Å². The smallest absolute Gasteiger partial charge is 0.0637 e. The fourth-order valence-electron chi connectivity index (χ4n) is 2.17. The standard InChI is InChI=1S/C15H24N2O/c1-3-16-12-13-4-6-14(7-5-13)17(10-11-18-2)15-8-9-15/h4-7,15-16H,3,8-12H2,1-2H3. The summed E-state index contributed by atoms with van der Waals surface area (Å²) < 4.78 is 5.20. The maximum Gasteiger partial charge on any atom is 0.0637 e. The average Bonchev–Trinajstić information content (AvgIpc) is 3.23. The zero-order valence-corrected chi connectivity index (χ0v) is 11.5. The molecule has 3 heteroatoms. The number of methoxy groups -OCH3 is 1. The molecule has 0 unspecified atom stereocenters. The lowest BCUT2D eigenvalue weighted by atomic mass is 10.2. The Morgan fingerprint density at radius 1 is 1.28 bits per heavy atom. The highest BCUT2D eigenvalue weighted by molar-refractivity contribution is 5.49. The van der Waals surface area contributed by atoms with Crippen LogP contribution >= 0.6 is 0 Å². The number of benzene rings is 1. The molecule has 1 N–H and O–H groups in total. The molecule has 100 valence electrons. The van der Waals surface area contributed by atoms with Crippen LogP contribution in [0.2, 0.25) is 0 Å². The lowest BCUT2D eigenvalue weighted by Gasteiger charge is -2.24. The van der Waals surface area contributed by atoms with Crippen molar-refractivity contribution in [2.45, 2.75) is 32.4 Å². The van der Waals surface area contributed by atoms with Gasteiger partial charge in [0.1, 0.15) is 0 Å². The Labute approximate surface area is 110 Å². The van der Waals surface area contributed by atoms with Crippen molar-refractivity contribution in [2.75, 3.05) is 31.7 Å². The monoisotopic (exact) mass is 248 g/mol. The first-order valence-corrected chi connectivity index (χ1v) is 6.90. The topological polar surface area (TPSA) is 24.5 Å². The van der Waals surface area contributed by atoms with Gasteiger partial charge in [-0.25, -0.2) is 0 Å². The molecule has 1 aliphatic carbocycles. The normalized spacial score (nSPS) is 14.8. The number of hydrogen-bond donors (Lipinski definition) is 1. The molecule has 0 spiro atoms. The molecule has 0 bridgehead atoms. The van der Waals surface area contributed by atoms with Crippen LogP contribution in [0.25, 0.3) is 0 Å². The van der Waals surface area contributed by atoms with Crippen molar-refractivity contribution < 1.29 is 4.74 Å². The van der Waals surface area contributed by atoms with Crippen molar-refractivity contribution >= 4 is 5.69 Å². The maximum atomic E-state index is 5.20. The molecule has 3 nitrogen and oxygen atoms in total. The molecule has 1 saturated carbocycles. The summed E-state index contributed by atoms with van der Waals surface area (Å²) in [5.74, 6) is 0. The third-order valence-corrected chi connectivity index (χ3v) is 3.37. The van der Waals surface area contributed by atoms with Crippen molar-refractivity contribution in [2.24, 2.45) is 0 Å². The van der Waals surface area contributed by atoms with Crippen LogP contribution in [0.15, 0.2) is 24.3 Å². The van der Waals surface area contributed by atoms with E-state index in [-0.39, 0.29) is 0 Å². The third kappa shape index (κ3) is 3.72. The molecule has 0 amide bonds. The number of nitrogens with zero attached hydrogens (tertiary/aromatic N) is 1. The van der Waals surface area contributed by atoms with Gasteiger partial charge in [-0.3, -0.25) is 0 Å². The Morgan fingerprint density at radius 3 is 2.56 bits per heavy atom. The average molecular weight is 248 g/mol. The number of rotatable bonds is 8. The molecule has 0 atom stereocenters. The lowest BCUT2D eigenvalue weighted by Crippen LogP contribution is -2.29. The van der Waals surface area contributed by atoms with Gasteiger partial charge >= 0.3 is 0 Å². The second-order valence-electron chi connectivity index (χ2n) is 4.86. The van der Waals surface area contributed by atoms with E-state index in [0.29, 0.717) is 0 Å². The summed E-state index contributed by atoms with van der Waals surface area (Å²) >= 11 is 0. The third-order valence-electron chi connectivity index (χ3n) is 3.37. The molecule has 0 aliphatic heterocycles. The van der Waals surface area contributed by atoms with Crippen molar-refractivity contribution in [3.05, 3.63) is 29.8 Å². The highest BCUT2D eigenvalue weighted by Crippen LogP contribution is 2.31. The number of anilines is 1. The van der Waals surface area contributed by atoms with E-state index >= 15 is 0 Å². The Hall–Kier alpha value is -1.06. The van der Waals surface area contributed by atoms with Gasteiger partial charge in [-0.2, -0.15) is 0 Å². The summed E-state index contributed by atoms with van der Waals surface area (Å²) in [7, 11) is 1.77. The van der Waals surface area contributed by atoms with Crippen LogP contribution in [0.3, 0.4) is 0 Å². The van der Waals surface area contributed by atoms with Crippen LogP contribution < -0.4 is 10.2 Å². The maximum absolute atomic E-state index is 5.20. The molecule has 1 aromatic carbocycles. The largest absolute Gasteiger partial charge is 0.383 e. The molecule has 1 aromatic rings. The molecule has 2 rings (SSSR count). The molecular weight excluding hydrogens is 224 g/mol. The minimum absolute atomic E-state index is 0.736. The van der Waals surface area contributed by atoms with Gasteiger partial charge < -0.3 is 15.0 Å². The van der Waals surface area contributed by atoms with Gasteiger partial charge in [-0.1, -0.05) is 19.1 Å². The molecule has 1 aliphatic rings. The first kappa shape index (κ1) is 13.4. The summed E-state index contributed by atoms with van der Waals surface area (Å²) in [6, 6.07) is 9.65. The minimum atomic E-state index is 0.736. The van der Waals surface area contributed by atoms with Crippen LogP contribution in [0.4, 0.5) is 5.69 Å². The molecular formula is C15H24N2O.